The molecule has 90 valence electrons. The predicted octanol–water partition coefficient (Wildman–Crippen LogP) is 3.01. The smallest absolute Gasteiger partial charge is 0.128 e. The lowest BCUT2D eigenvalue weighted by molar-refractivity contribution is 0.163. The summed E-state index contributed by atoms with van der Waals surface area (Å²) in [5, 5.41) is 12.5. The van der Waals surface area contributed by atoms with Crippen LogP contribution >= 0.6 is 15.9 Å². The highest BCUT2D eigenvalue weighted by atomic mass is 79.9. The van der Waals surface area contributed by atoms with Crippen molar-refractivity contribution in [3.63, 3.8) is 0 Å². The zero-order valence-corrected chi connectivity index (χ0v) is 11.1. The molecule has 1 aromatic carbocycles. The van der Waals surface area contributed by atoms with Gasteiger partial charge in [-0.05, 0) is 31.5 Å². The zero-order valence-electron chi connectivity index (χ0n) is 9.50. The maximum absolute atomic E-state index is 13.5. The van der Waals surface area contributed by atoms with Gasteiger partial charge in [-0.25, -0.2) is 4.39 Å². The number of rotatable bonds is 5. The van der Waals surface area contributed by atoms with Gasteiger partial charge in [0.2, 0.25) is 0 Å². The van der Waals surface area contributed by atoms with E-state index in [1.807, 2.05) is 13.8 Å². The summed E-state index contributed by atoms with van der Waals surface area (Å²) < 4.78 is 14.4. The maximum atomic E-state index is 13.5. The molecule has 0 radical (unpaired) electrons. The molecular formula is C12H17BrFNO. The molecule has 0 aliphatic carbocycles. The topological polar surface area (TPSA) is 32.3 Å². The lowest BCUT2D eigenvalue weighted by Crippen LogP contribution is -2.29. The largest absolute Gasteiger partial charge is 0.392 e. The van der Waals surface area contributed by atoms with E-state index in [1.54, 1.807) is 12.1 Å². The van der Waals surface area contributed by atoms with Gasteiger partial charge in [-0.1, -0.05) is 22.9 Å². The molecule has 2 nitrogen and oxygen atoms in total. The third-order valence-corrected chi connectivity index (χ3v) is 3.05. The molecule has 16 heavy (non-hydrogen) atoms. The van der Waals surface area contributed by atoms with Gasteiger partial charge in [0.15, 0.2) is 0 Å². The van der Waals surface area contributed by atoms with E-state index in [0.29, 0.717) is 18.5 Å². The van der Waals surface area contributed by atoms with Gasteiger partial charge in [0.1, 0.15) is 5.82 Å². The minimum atomic E-state index is -0.377. The van der Waals surface area contributed by atoms with Gasteiger partial charge in [-0.15, -0.1) is 0 Å². The lowest BCUT2D eigenvalue weighted by atomic mass is 10.1. The number of halogens is 2. The van der Waals surface area contributed by atoms with Crippen LogP contribution in [-0.4, -0.2) is 17.8 Å². The highest BCUT2D eigenvalue weighted by molar-refractivity contribution is 9.10. The highest BCUT2D eigenvalue weighted by Gasteiger charge is 2.12. The molecule has 1 aromatic rings. The normalized spacial score (nSPS) is 14.8. The van der Waals surface area contributed by atoms with Crippen molar-refractivity contribution in [2.75, 3.05) is 6.54 Å². The molecule has 2 N–H and O–H groups in total. The van der Waals surface area contributed by atoms with E-state index in [2.05, 4.69) is 21.2 Å². The van der Waals surface area contributed by atoms with Crippen LogP contribution in [0.1, 0.15) is 31.9 Å². The second kappa shape index (κ2) is 6.33. The standard InChI is InChI=1S/C12H17BrFNO/c1-3-10(16)7-15-8(2)11-6-9(13)4-5-12(11)14/h4-6,8,10,15-16H,3,7H2,1-2H3. The first-order valence-corrected chi connectivity index (χ1v) is 6.20. The first-order valence-electron chi connectivity index (χ1n) is 5.41. The Labute approximate surface area is 104 Å². The van der Waals surface area contributed by atoms with Crippen molar-refractivity contribution in [2.24, 2.45) is 0 Å². The van der Waals surface area contributed by atoms with Gasteiger partial charge in [-0.3, -0.25) is 0 Å². The monoisotopic (exact) mass is 289 g/mol. The summed E-state index contributed by atoms with van der Waals surface area (Å²) in [7, 11) is 0. The molecule has 4 heteroatoms. The molecule has 1 rings (SSSR count). The number of nitrogens with one attached hydrogen (secondary N) is 1. The summed E-state index contributed by atoms with van der Waals surface area (Å²) in [6.45, 7) is 4.27. The second-order valence-electron chi connectivity index (χ2n) is 3.86. The van der Waals surface area contributed by atoms with Crippen molar-refractivity contribution in [1.29, 1.82) is 0 Å². The van der Waals surface area contributed by atoms with E-state index >= 15 is 0 Å². The average Bonchev–Trinajstić information content (AvgIpc) is 2.28. The third-order valence-electron chi connectivity index (χ3n) is 2.56. The fourth-order valence-corrected chi connectivity index (χ4v) is 1.79. The Balaban J connectivity index is 2.65. The molecule has 0 saturated carbocycles. The number of aliphatic hydroxyl groups is 1. The van der Waals surface area contributed by atoms with Crippen molar-refractivity contribution in [3.05, 3.63) is 34.1 Å². The quantitative estimate of drug-likeness (QED) is 0.873. The number of hydrogen-bond donors (Lipinski definition) is 2. The van der Waals surface area contributed by atoms with Crippen molar-refractivity contribution in [3.8, 4) is 0 Å². The van der Waals surface area contributed by atoms with E-state index in [9.17, 15) is 9.50 Å². The Morgan fingerprint density at radius 2 is 2.19 bits per heavy atom. The molecule has 0 fully saturated rings. The minimum absolute atomic E-state index is 0.112. The Kier molecular flexibility index (Phi) is 5.38. The molecule has 0 spiro atoms. The fraction of sp³-hybridized carbons (Fsp3) is 0.500. The van der Waals surface area contributed by atoms with Gasteiger partial charge >= 0.3 is 0 Å². The van der Waals surface area contributed by atoms with Crippen molar-refractivity contribution < 1.29 is 9.50 Å². The summed E-state index contributed by atoms with van der Waals surface area (Å²) in [5.74, 6) is -0.228. The summed E-state index contributed by atoms with van der Waals surface area (Å²) in [6, 6.07) is 4.75. The van der Waals surface area contributed by atoms with Gasteiger partial charge < -0.3 is 10.4 Å². The van der Waals surface area contributed by atoms with Crippen LogP contribution in [0, 0.1) is 5.82 Å². The Morgan fingerprint density at radius 1 is 1.50 bits per heavy atom. The van der Waals surface area contributed by atoms with Crippen LogP contribution in [0.4, 0.5) is 4.39 Å². The Bertz CT molecular complexity index is 346. The molecule has 2 unspecified atom stereocenters. The molecule has 0 aliphatic rings. The number of aliphatic hydroxyl groups excluding tert-OH is 1. The minimum Gasteiger partial charge on any atom is -0.392 e. The molecule has 0 aromatic heterocycles. The second-order valence-corrected chi connectivity index (χ2v) is 4.77. The SMILES string of the molecule is CCC(O)CNC(C)c1cc(Br)ccc1F. The van der Waals surface area contributed by atoms with Crippen LogP contribution in [0.5, 0.6) is 0 Å². The Morgan fingerprint density at radius 3 is 2.81 bits per heavy atom. The maximum Gasteiger partial charge on any atom is 0.128 e. The first kappa shape index (κ1) is 13.6. The van der Waals surface area contributed by atoms with E-state index in [-0.39, 0.29) is 18.0 Å². The fourth-order valence-electron chi connectivity index (χ4n) is 1.41. The predicted molar refractivity (Wildman–Crippen MR) is 66.8 cm³/mol. The molecule has 0 bridgehead atoms. The average molecular weight is 290 g/mol. The lowest BCUT2D eigenvalue weighted by Gasteiger charge is -2.17. The zero-order chi connectivity index (χ0) is 12.1. The van der Waals surface area contributed by atoms with Crippen LogP contribution in [0.25, 0.3) is 0 Å². The summed E-state index contributed by atoms with van der Waals surface area (Å²) in [5.41, 5.74) is 0.609. The van der Waals surface area contributed by atoms with Crippen LogP contribution in [0.2, 0.25) is 0 Å². The van der Waals surface area contributed by atoms with E-state index in [0.717, 1.165) is 4.47 Å². The van der Waals surface area contributed by atoms with Gasteiger partial charge in [-0.2, -0.15) is 0 Å². The molecule has 0 saturated heterocycles. The van der Waals surface area contributed by atoms with Crippen molar-refractivity contribution in [1.82, 2.24) is 5.32 Å². The summed E-state index contributed by atoms with van der Waals surface area (Å²) in [6.07, 6.45) is 0.318. The third kappa shape index (κ3) is 3.85. The van der Waals surface area contributed by atoms with Crippen LogP contribution in [-0.2, 0) is 0 Å². The first-order chi connectivity index (χ1) is 7.54. The molecule has 0 amide bonds. The van der Waals surface area contributed by atoms with Crippen LogP contribution in [0.15, 0.2) is 22.7 Å². The number of hydrogen-bond acceptors (Lipinski definition) is 2. The van der Waals surface area contributed by atoms with Gasteiger partial charge in [0.05, 0.1) is 6.10 Å². The van der Waals surface area contributed by atoms with Crippen LogP contribution in [0.3, 0.4) is 0 Å². The van der Waals surface area contributed by atoms with Gasteiger partial charge in [0, 0.05) is 22.6 Å². The molecular weight excluding hydrogens is 273 g/mol. The molecule has 0 aliphatic heterocycles. The molecule has 2 atom stereocenters. The van der Waals surface area contributed by atoms with Crippen molar-refractivity contribution in [2.45, 2.75) is 32.4 Å². The summed E-state index contributed by atoms with van der Waals surface area (Å²) >= 11 is 3.31. The summed E-state index contributed by atoms with van der Waals surface area (Å²) in [4.78, 5) is 0. The van der Waals surface area contributed by atoms with E-state index < -0.39 is 0 Å². The van der Waals surface area contributed by atoms with Crippen molar-refractivity contribution >= 4 is 15.9 Å². The van der Waals surface area contributed by atoms with Crippen LogP contribution < -0.4 is 5.32 Å². The Hall–Kier alpha value is -0.450. The van der Waals surface area contributed by atoms with Gasteiger partial charge in [0.25, 0.3) is 0 Å². The number of benzene rings is 1. The van der Waals surface area contributed by atoms with E-state index in [4.69, 9.17) is 0 Å². The molecule has 0 heterocycles. The van der Waals surface area contributed by atoms with E-state index in [1.165, 1.54) is 6.07 Å². The highest BCUT2D eigenvalue weighted by Crippen LogP contribution is 2.21.